The summed E-state index contributed by atoms with van der Waals surface area (Å²) in [6.45, 7) is 2.55. The van der Waals surface area contributed by atoms with Crippen LogP contribution in [-0.2, 0) is 5.75 Å². The summed E-state index contributed by atoms with van der Waals surface area (Å²) in [5.74, 6) is 1.53. The Morgan fingerprint density at radius 1 is 1.07 bits per heavy atom. The van der Waals surface area contributed by atoms with Crippen molar-refractivity contribution in [1.29, 1.82) is 0 Å². The molecule has 0 unspecified atom stereocenters. The van der Waals surface area contributed by atoms with Gasteiger partial charge in [-0.25, -0.2) is 4.98 Å². The quantitative estimate of drug-likeness (QED) is 0.458. The molecule has 0 atom stereocenters. The fourth-order valence-corrected chi connectivity index (χ4v) is 3.49. The molecule has 136 valence electrons. The number of hydrogen-bond donors (Lipinski definition) is 0. The van der Waals surface area contributed by atoms with Crippen molar-refractivity contribution in [1.82, 2.24) is 29.8 Å². The highest BCUT2D eigenvalue weighted by atomic mass is 32.2. The molecule has 0 aliphatic carbocycles. The van der Waals surface area contributed by atoms with Gasteiger partial charge in [-0.15, -0.1) is 5.10 Å². The number of imidazole rings is 1. The first kappa shape index (κ1) is 17.3. The molecule has 0 fully saturated rings. The van der Waals surface area contributed by atoms with Crippen molar-refractivity contribution in [2.24, 2.45) is 0 Å². The van der Waals surface area contributed by atoms with Crippen LogP contribution in [0.1, 0.15) is 12.5 Å². The largest absolute Gasteiger partial charge is 0.492 e. The lowest BCUT2D eigenvalue weighted by atomic mass is 10.2. The maximum atomic E-state index is 5.69. The lowest BCUT2D eigenvalue weighted by molar-refractivity contribution is 0.337. The summed E-state index contributed by atoms with van der Waals surface area (Å²) in [5.41, 5.74) is 3.11. The summed E-state index contributed by atoms with van der Waals surface area (Å²) < 4.78 is 9.39. The molecule has 0 radical (unpaired) electrons. The maximum Gasteiger partial charge on any atom is 0.214 e. The Kier molecular flexibility index (Phi) is 5.15. The molecule has 4 rings (SSSR count). The van der Waals surface area contributed by atoms with Gasteiger partial charge in [0.2, 0.25) is 5.16 Å². The van der Waals surface area contributed by atoms with Gasteiger partial charge in [-0.2, -0.15) is 4.68 Å². The van der Waals surface area contributed by atoms with E-state index in [1.54, 1.807) is 29.0 Å². The molecule has 0 aliphatic rings. The van der Waals surface area contributed by atoms with Crippen LogP contribution >= 0.6 is 11.8 Å². The molecule has 0 amide bonds. The molecule has 4 aromatic rings. The van der Waals surface area contributed by atoms with Gasteiger partial charge in [-0.1, -0.05) is 36.0 Å². The molecular weight excluding hydrogens is 360 g/mol. The monoisotopic (exact) mass is 378 g/mol. The van der Waals surface area contributed by atoms with E-state index in [2.05, 4.69) is 44.8 Å². The first-order valence-electron chi connectivity index (χ1n) is 8.56. The summed E-state index contributed by atoms with van der Waals surface area (Å²) in [7, 11) is 0. The van der Waals surface area contributed by atoms with E-state index in [9.17, 15) is 0 Å². The number of benzene rings is 2. The molecule has 0 N–H and O–H groups in total. The number of rotatable bonds is 7. The molecule has 0 spiro atoms. The van der Waals surface area contributed by atoms with Crippen LogP contribution in [0.4, 0.5) is 0 Å². The van der Waals surface area contributed by atoms with Crippen molar-refractivity contribution >= 4 is 11.8 Å². The van der Waals surface area contributed by atoms with E-state index in [4.69, 9.17) is 4.74 Å². The van der Waals surface area contributed by atoms with E-state index >= 15 is 0 Å². The normalized spacial score (nSPS) is 10.9. The zero-order chi connectivity index (χ0) is 18.5. The molecule has 0 saturated carbocycles. The Morgan fingerprint density at radius 2 is 1.93 bits per heavy atom. The Morgan fingerprint density at radius 3 is 2.70 bits per heavy atom. The molecule has 7 nitrogen and oxygen atoms in total. The van der Waals surface area contributed by atoms with Crippen LogP contribution in [0.5, 0.6) is 5.75 Å². The zero-order valence-corrected chi connectivity index (χ0v) is 15.6. The highest BCUT2D eigenvalue weighted by molar-refractivity contribution is 7.98. The minimum Gasteiger partial charge on any atom is -0.492 e. The van der Waals surface area contributed by atoms with Crippen molar-refractivity contribution in [3.05, 3.63) is 72.8 Å². The fraction of sp³-hybridized carbons (Fsp3) is 0.158. The first-order chi connectivity index (χ1) is 13.3. The van der Waals surface area contributed by atoms with Gasteiger partial charge in [0.05, 0.1) is 12.9 Å². The number of para-hydroxylation sites is 2. The van der Waals surface area contributed by atoms with E-state index in [0.29, 0.717) is 6.61 Å². The van der Waals surface area contributed by atoms with Gasteiger partial charge in [0, 0.05) is 23.8 Å². The molecule has 27 heavy (non-hydrogen) atoms. The van der Waals surface area contributed by atoms with Crippen LogP contribution in [0.15, 0.2) is 72.4 Å². The number of hydrogen-bond acceptors (Lipinski definition) is 6. The van der Waals surface area contributed by atoms with Crippen LogP contribution in [0.2, 0.25) is 0 Å². The van der Waals surface area contributed by atoms with Gasteiger partial charge >= 0.3 is 0 Å². The summed E-state index contributed by atoms with van der Waals surface area (Å²) >= 11 is 1.58. The van der Waals surface area contributed by atoms with E-state index in [1.165, 1.54) is 5.56 Å². The van der Waals surface area contributed by atoms with Gasteiger partial charge in [0.25, 0.3) is 0 Å². The standard InChI is InChI=1S/C19H18N6OS/c1-2-26-18-6-4-3-5-17(18)25-19(21-22-23-25)27-13-15-7-9-16(10-8-15)24-12-11-20-14-24/h3-12,14H,2,13H2,1H3. The van der Waals surface area contributed by atoms with Crippen LogP contribution in [0.3, 0.4) is 0 Å². The minimum absolute atomic E-state index is 0.588. The second kappa shape index (κ2) is 8.05. The zero-order valence-electron chi connectivity index (χ0n) is 14.8. The van der Waals surface area contributed by atoms with Crippen molar-refractivity contribution in [2.75, 3.05) is 6.61 Å². The van der Waals surface area contributed by atoms with Gasteiger partial charge < -0.3 is 9.30 Å². The lowest BCUT2D eigenvalue weighted by Crippen LogP contribution is -2.03. The molecule has 2 aromatic heterocycles. The van der Waals surface area contributed by atoms with Crippen LogP contribution in [0.25, 0.3) is 11.4 Å². The molecule has 0 bridgehead atoms. The molecule has 8 heteroatoms. The Bertz CT molecular complexity index is 997. The lowest BCUT2D eigenvalue weighted by Gasteiger charge is -2.10. The van der Waals surface area contributed by atoms with Crippen LogP contribution in [0, 0.1) is 0 Å². The van der Waals surface area contributed by atoms with Gasteiger partial charge in [-0.05, 0) is 47.2 Å². The Balaban J connectivity index is 1.50. The number of nitrogens with zero attached hydrogens (tertiary/aromatic N) is 6. The molecular formula is C19H18N6OS. The summed E-state index contributed by atoms with van der Waals surface area (Å²) in [6, 6.07) is 16.1. The van der Waals surface area contributed by atoms with Crippen molar-refractivity contribution < 1.29 is 4.74 Å². The number of tetrazole rings is 1. The summed E-state index contributed by atoms with van der Waals surface area (Å²) in [5, 5.41) is 12.9. The average Bonchev–Trinajstić information content (AvgIpc) is 3.40. The van der Waals surface area contributed by atoms with Crippen molar-refractivity contribution in [3.63, 3.8) is 0 Å². The molecule has 0 aliphatic heterocycles. The first-order valence-corrected chi connectivity index (χ1v) is 9.54. The molecule has 2 heterocycles. The third kappa shape index (κ3) is 3.85. The van der Waals surface area contributed by atoms with Gasteiger partial charge in [-0.3, -0.25) is 0 Å². The van der Waals surface area contributed by atoms with E-state index in [1.807, 2.05) is 42.0 Å². The smallest absolute Gasteiger partial charge is 0.214 e. The minimum atomic E-state index is 0.588. The van der Waals surface area contributed by atoms with Crippen LogP contribution in [-0.4, -0.2) is 36.4 Å². The van der Waals surface area contributed by atoms with Crippen molar-refractivity contribution in [2.45, 2.75) is 17.8 Å². The summed E-state index contributed by atoms with van der Waals surface area (Å²) in [4.78, 5) is 4.07. The highest BCUT2D eigenvalue weighted by Gasteiger charge is 2.13. The van der Waals surface area contributed by atoms with E-state index < -0.39 is 0 Å². The number of ether oxygens (including phenoxy) is 1. The predicted octanol–water partition coefficient (Wildman–Crippen LogP) is 3.54. The van der Waals surface area contributed by atoms with Crippen LogP contribution < -0.4 is 4.74 Å². The Labute approximate surface area is 161 Å². The van der Waals surface area contributed by atoms with Gasteiger partial charge in [0.15, 0.2) is 0 Å². The van der Waals surface area contributed by atoms with E-state index in [0.717, 1.165) is 28.0 Å². The maximum absolute atomic E-state index is 5.69. The Hall–Kier alpha value is -3.13. The second-order valence-corrected chi connectivity index (χ2v) is 6.64. The number of aromatic nitrogens is 6. The fourth-order valence-electron chi connectivity index (χ4n) is 2.65. The topological polar surface area (TPSA) is 70.7 Å². The second-order valence-electron chi connectivity index (χ2n) is 5.70. The van der Waals surface area contributed by atoms with Crippen molar-refractivity contribution in [3.8, 4) is 17.1 Å². The average molecular weight is 378 g/mol. The van der Waals surface area contributed by atoms with E-state index in [-0.39, 0.29) is 0 Å². The number of thioether (sulfide) groups is 1. The molecule has 0 saturated heterocycles. The highest BCUT2D eigenvalue weighted by Crippen LogP contribution is 2.27. The SMILES string of the molecule is CCOc1ccccc1-n1nnnc1SCc1ccc(-n2ccnc2)cc1. The molecule has 2 aromatic carbocycles. The predicted molar refractivity (Wildman–Crippen MR) is 103 cm³/mol. The summed E-state index contributed by atoms with van der Waals surface area (Å²) in [6.07, 6.45) is 5.48. The third-order valence-corrected chi connectivity index (χ3v) is 4.93. The van der Waals surface area contributed by atoms with Gasteiger partial charge in [0.1, 0.15) is 11.4 Å². The third-order valence-electron chi connectivity index (χ3n) is 3.94.